The minimum absolute atomic E-state index is 0. The zero-order chi connectivity index (χ0) is 42.8. The third-order valence-electron chi connectivity index (χ3n) is 12.8. The molecule has 8 rings (SSSR count). The van der Waals surface area contributed by atoms with Gasteiger partial charge in [-0.15, -0.1) is 0 Å². The fourth-order valence-electron chi connectivity index (χ4n) is 9.48. The molecule has 0 unspecified atom stereocenters. The topological polar surface area (TPSA) is 0 Å². The number of hydrogen-bond acceptors (Lipinski definition) is 0. The van der Waals surface area contributed by atoms with Crippen molar-refractivity contribution in [1.82, 2.24) is 0 Å². The van der Waals surface area contributed by atoms with Crippen molar-refractivity contribution in [1.29, 1.82) is 0 Å². The molecule has 0 bridgehead atoms. The van der Waals surface area contributed by atoms with Gasteiger partial charge in [-0.2, -0.15) is 0 Å². The molecule has 0 nitrogen and oxygen atoms in total. The van der Waals surface area contributed by atoms with E-state index in [1.54, 1.807) is 12.0 Å². The first-order chi connectivity index (χ1) is 28.3. The first kappa shape index (κ1) is 47.6. The Morgan fingerprint density at radius 1 is 0.468 bits per heavy atom. The summed E-state index contributed by atoms with van der Waals surface area (Å²) >= 11 is -3.11. The van der Waals surface area contributed by atoms with Crippen LogP contribution in [-0.2, 0) is 49.3 Å². The Balaban J connectivity index is 0.00000321. The van der Waals surface area contributed by atoms with E-state index in [9.17, 15) is 0 Å². The molecule has 0 saturated heterocycles. The Hall–Kier alpha value is -3.87. The number of fused-ring (bicyclic) bond motifs is 3. The molecule has 2 aliphatic rings. The number of benzene rings is 6. The van der Waals surface area contributed by atoms with Crippen molar-refractivity contribution in [3.63, 3.8) is 0 Å². The summed E-state index contributed by atoms with van der Waals surface area (Å²) in [6, 6.07) is 49.7. The average molecular weight is 935 g/mol. The molecule has 3 heteroatoms. The number of allylic oxidation sites excluding steroid dienone is 4. The van der Waals surface area contributed by atoms with Crippen molar-refractivity contribution < 1.29 is 46.1 Å². The molecule has 0 spiro atoms. The molecule has 0 saturated carbocycles. The molecule has 318 valence electrons. The van der Waals surface area contributed by atoms with Crippen LogP contribution in [0.2, 0.25) is 3.63 Å². The number of halogens is 2. The van der Waals surface area contributed by atoms with Crippen LogP contribution in [0.4, 0.5) is 0 Å². The standard InChI is InChI=1S/C33H33.C21H26.C5H5.2ClH.Zr/c1-32(2,3)30-20-26-24(18-28(30)22-13-9-7-10-14-22)17-25-19-29(23-15-11-8-12-16-23)31(21-27(25)26)33(4,5)6;1-20(2,3)18-11-7-16(8-12-18)15-17-9-13-19(14-10-17)21(4,5)6;1-2-4-5-3-1;;;/h7-16,18,20-21H,17H2,1-6H3;7-14H,1-6H3;1-5H;2*1H;/q;;;;;+2/p-2. The Labute approximate surface area is 394 Å². The van der Waals surface area contributed by atoms with E-state index >= 15 is 0 Å². The van der Waals surface area contributed by atoms with Crippen LogP contribution in [0.15, 0.2) is 152 Å². The van der Waals surface area contributed by atoms with Gasteiger partial charge >= 0.3 is 372 Å². The van der Waals surface area contributed by atoms with Gasteiger partial charge in [0, 0.05) is 0 Å². The van der Waals surface area contributed by atoms with Gasteiger partial charge in [0.2, 0.25) is 0 Å². The zero-order valence-corrected chi connectivity index (χ0v) is 42.9. The van der Waals surface area contributed by atoms with E-state index in [-0.39, 0.29) is 46.5 Å². The second-order valence-corrected chi connectivity index (χ2v) is 27.5. The maximum Gasteiger partial charge on any atom is -1.00 e. The average Bonchev–Trinajstić information content (AvgIpc) is 3.87. The predicted octanol–water partition coefficient (Wildman–Crippen LogP) is 9.22. The van der Waals surface area contributed by atoms with Crippen LogP contribution < -0.4 is 28.1 Å². The molecule has 0 fully saturated rings. The van der Waals surface area contributed by atoms with Gasteiger partial charge < -0.3 is 24.8 Å². The third kappa shape index (κ3) is 9.34. The summed E-state index contributed by atoms with van der Waals surface area (Å²) in [7, 11) is 0. The van der Waals surface area contributed by atoms with Gasteiger partial charge in [0.1, 0.15) is 0 Å². The van der Waals surface area contributed by atoms with E-state index in [4.69, 9.17) is 0 Å². The molecular formula is C59H64Cl2Zr. The van der Waals surface area contributed by atoms with E-state index in [1.165, 1.54) is 72.3 Å². The maximum atomic E-state index is 2.62. The Kier molecular flexibility index (Phi) is 13.8. The van der Waals surface area contributed by atoms with Crippen LogP contribution in [0, 0.1) is 0 Å². The Morgan fingerprint density at radius 3 is 1.37 bits per heavy atom. The SMILES string of the molecule is CC(C)(C)c1ccc([C](c2ccc(C(C)(C)C)cc2)=[Zr+2]([c]2c3c(cc(C(C)(C)C)c2-c2ccccc2)-c2cc(C(C)(C)C)c(-c4ccccc4)cc2C3)[CH]2C=CC=C2)cc1.[Cl-].[Cl-]. The van der Waals surface area contributed by atoms with E-state index in [2.05, 4.69) is 235 Å². The smallest absolute Gasteiger partial charge is 1.00 e. The second kappa shape index (κ2) is 18.0. The van der Waals surface area contributed by atoms with E-state index in [1.807, 2.05) is 0 Å². The van der Waals surface area contributed by atoms with Crippen molar-refractivity contribution in [3.05, 3.63) is 196 Å². The van der Waals surface area contributed by atoms with Crippen molar-refractivity contribution in [2.75, 3.05) is 0 Å². The van der Waals surface area contributed by atoms with E-state index in [0.29, 0.717) is 3.63 Å². The minimum atomic E-state index is -3.11. The molecule has 0 heterocycles. The summed E-state index contributed by atoms with van der Waals surface area (Å²) in [5, 5.41) is 0. The van der Waals surface area contributed by atoms with Crippen LogP contribution in [0.3, 0.4) is 0 Å². The summed E-state index contributed by atoms with van der Waals surface area (Å²) in [5.41, 5.74) is 19.8. The van der Waals surface area contributed by atoms with Crippen molar-refractivity contribution in [3.8, 4) is 33.4 Å². The van der Waals surface area contributed by atoms with Gasteiger partial charge in [-0.3, -0.25) is 0 Å². The molecule has 6 aromatic carbocycles. The molecular weight excluding hydrogens is 871 g/mol. The predicted molar refractivity (Wildman–Crippen MR) is 258 cm³/mol. The molecule has 0 aromatic heterocycles. The van der Waals surface area contributed by atoms with Crippen LogP contribution in [0.1, 0.15) is 128 Å². The zero-order valence-electron chi connectivity index (χ0n) is 39.0. The van der Waals surface area contributed by atoms with Gasteiger partial charge in [0.25, 0.3) is 0 Å². The molecule has 6 aromatic rings. The van der Waals surface area contributed by atoms with Crippen LogP contribution in [-0.4, -0.2) is 3.21 Å². The van der Waals surface area contributed by atoms with Crippen LogP contribution in [0.25, 0.3) is 33.4 Å². The normalized spacial score (nSPS) is 13.5. The number of hydrogen-bond donors (Lipinski definition) is 0. The molecule has 0 N–H and O–H groups in total. The molecule has 0 aliphatic heterocycles. The molecule has 0 radical (unpaired) electrons. The molecule has 62 heavy (non-hydrogen) atoms. The summed E-state index contributed by atoms with van der Waals surface area (Å²) in [4.78, 5) is 0. The van der Waals surface area contributed by atoms with Gasteiger partial charge in [-0.05, 0) is 0 Å². The monoisotopic (exact) mass is 932 g/mol. The summed E-state index contributed by atoms with van der Waals surface area (Å²) in [6.07, 6.45) is 10.7. The fourth-order valence-corrected chi connectivity index (χ4v) is 18.3. The van der Waals surface area contributed by atoms with Crippen LogP contribution >= 0.6 is 0 Å². The largest absolute Gasteiger partial charge is 1.00 e. The summed E-state index contributed by atoms with van der Waals surface area (Å²) in [6.45, 7) is 28.4. The van der Waals surface area contributed by atoms with E-state index < -0.39 is 21.3 Å². The quantitative estimate of drug-likeness (QED) is 0.156. The summed E-state index contributed by atoms with van der Waals surface area (Å²) < 4.78 is 3.61. The maximum absolute atomic E-state index is 3.11. The first-order valence-electron chi connectivity index (χ1n) is 22.1. The second-order valence-electron chi connectivity index (χ2n) is 21.4. The number of rotatable bonds is 6. The van der Waals surface area contributed by atoms with Gasteiger partial charge in [-0.25, -0.2) is 0 Å². The van der Waals surface area contributed by atoms with Crippen molar-refractivity contribution >= 4 is 6.48 Å². The van der Waals surface area contributed by atoms with E-state index in [0.717, 1.165) is 6.42 Å². The fraction of sp³-hybridized carbons (Fsp3) is 0.305. The van der Waals surface area contributed by atoms with Crippen molar-refractivity contribution in [2.45, 2.75) is 115 Å². The van der Waals surface area contributed by atoms with Crippen molar-refractivity contribution in [2.24, 2.45) is 0 Å². The third-order valence-corrected chi connectivity index (χ3v) is 20.8. The summed E-state index contributed by atoms with van der Waals surface area (Å²) in [5.74, 6) is 0. The van der Waals surface area contributed by atoms with Gasteiger partial charge in [0.05, 0.1) is 0 Å². The molecule has 0 atom stereocenters. The molecule has 0 amide bonds. The first-order valence-corrected chi connectivity index (χ1v) is 26.0. The minimum Gasteiger partial charge on any atom is -1.00 e. The van der Waals surface area contributed by atoms with Gasteiger partial charge in [0.15, 0.2) is 0 Å². The molecule has 2 aliphatic carbocycles. The van der Waals surface area contributed by atoms with Gasteiger partial charge in [-0.1, -0.05) is 0 Å². The Bertz CT molecular complexity index is 2580. The Morgan fingerprint density at radius 2 is 0.919 bits per heavy atom. The van der Waals surface area contributed by atoms with Crippen LogP contribution in [0.5, 0.6) is 0 Å².